The maximum absolute atomic E-state index is 10.5. The van der Waals surface area contributed by atoms with E-state index in [-0.39, 0.29) is 21.8 Å². The molecule has 1 N–H and O–H groups in total. The maximum atomic E-state index is 10.5. The predicted octanol–water partition coefficient (Wildman–Crippen LogP) is 3.42. The lowest BCUT2D eigenvalue weighted by molar-refractivity contribution is 0.0697. The van der Waals surface area contributed by atoms with E-state index in [0.717, 1.165) is 5.56 Å². The molecular formula is C9H10Br2O2. The van der Waals surface area contributed by atoms with Crippen molar-refractivity contribution >= 4 is 38.9 Å². The Labute approximate surface area is 95.9 Å². The molecule has 1 unspecified atom stereocenters. The average molecular weight is 310 g/mol. The Kier molecular flexibility index (Phi) is 5.25. The minimum Gasteiger partial charge on any atom is -0.478 e. The molecule has 0 fully saturated rings. The Hall–Kier alpha value is -0.350. The third-order valence-corrected chi connectivity index (χ3v) is 2.15. The van der Waals surface area contributed by atoms with E-state index >= 15 is 0 Å². The lowest BCUT2D eigenvalue weighted by Gasteiger charge is -2.02. The molecule has 1 aromatic carbocycles. The molecule has 13 heavy (non-hydrogen) atoms. The number of benzene rings is 1. The fourth-order valence-corrected chi connectivity index (χ4v) is 1.20. The zero-order valence-electron chi connectivity index (χ0n) is 7.03. The van der Waals surface area contributed by atoms with Gasteiger partial charge in [-0.25, -0.2) is 4.79 Å². The molecule has 0 heterocycles. The van der Waals surface area contributed by atoms with E-state index in [2.05, 4.69) is 15.9 Å². The molecule has 0 aliphatic heterocycles. The first-order valence-electron chi connectivity index (χ1n) is 3.58. The van der Waals surface area contributed by atoms with Crippen LogP contribution in [0.3, 0.4) is 0 Å². The van der Waals surface area contributed by atoms with Crippen molar-refractivity contribution in [1.82, 2.24) is 0 Å². The summed E-state index contributed by atoms with van der Waals surface area (Å²) in [6.45, 7) is 2.00. The molecule has 0 aliphatic rings. The van der Waals surface area contributed by atoms with Crippen LogP contribution < -0.4 is 0 Å². The van der Waals surface area contributed by atoms with Crippen LogP contribution in [0, 0.1) is 0 Å². The normalized spacial score (nSPS) is 11.5. The van der Waals surface area contributed by atoms with Gasteiger partial charge in [0.25, 0.3) is 0 Å². The number of hydrogen-bond donors (Lipinski definition) is 1. The van der Waals surface area contributed by atoms with Crippen LogP contribution in [-0.2, 0) is 0 Å². The highest BCUT2D eigenvalue weighted by atomic mass is 79.9. The minimum atomic E-state index is -0.885. The first-order chi connectivity index (χ1) is 5.61. The van der Waals surface area contributed by atoms with Gasteiger partial charge in [-0.2, -0.15) is 0 Å². The van der Waals surface area contributed by atoms with E-state index in [0.29, 0.717) is 5.56 Å². The standard InChI is InChI=1S/C9H9BrO2.BrH/c1-6(10)7-2-4-8(5-3-7)9(11)12;/h2-6H,1H3,(H,11,12);1H. The van der Waals surface area contributed by atoms with Gasteiger partial charge in [-0.1, -0.05) is 28.1 Å². The van der Waals surface area contributed by atoms with Gasteiger partial charge in [-0.05, 0) is 24.6 Å². The molecule has 72 valence electrons. The number of carbonyl (C=O) groups is 1. The van der Waals surface area contributed by atoms with Crippen molar-refractivity contribution in [2.75, 3.05) is 0 Å². The molecule has 0 spiro atoms. The van der Waals surface area contributed by atoms with E-state index in [1.165, 1.54) is 0 Å². The second-order valence-corrected chi connectivity index (χ2v) is 3.92. The highest BCUT2D eigenvalue weighted by molar-refractivity contribution is 9.09. The SMILES string of the molecule is Br.CC(Br)c1ccc(C(=O)O)cc1. The molecule has 4 heteroatoms. The van der Waals surface area contributed by atoms with Gasteiger partial charge in [0, 0.05) is 4.83 Å². The molecule has 1 atom stereocenters. The Balaban J connectivity index is 0.00000144. The summed E-state index contributed by atoms with van der Waals surface area (Å²) in [4.78, 5) is 10.7. The molecule has 0 aliphatic carbocycles. The van der Waals surface area contributed by atoms with Crippen LogP contribution in [0.25, 0.3) is 0 Å². The average Bonchev–Trinajstić information content (AvgIpc) is 2.04. The van der Waals surface area contributed by atoms with Gasteiger partial charge in [0.1, 0.15) is 0 Å². The first kappa shape index (κ1) is 12.7. The summed E-state index contributed by atoms with van der Waals surface area (Å²) in [6, 6.07) is 6.83. The number of halogens is 2. The summed E-state index contributed by atoms with van der Waals surface area (Å²) >= 11 is 3.40. The van der Waals surface area contributed by atoms with Crippen LogP contribution in [0.5, 0.6) is 0 Å². The highest BCUT2D eigenvalue weighted by Crippen LogP contribution is 2.21. The second kappa shape index (κ2) is 5.40. The van der Waals surface area contributed by atoms with Crippen molar-refractivity contribution in [2.45, 2.75) is 11.8 Å². The molecule has 1 rings (SSSR count). The highest BCUT2D eigenvalue weighted by Gasteiger charge is 2.03. The third kappa shape index (κ3) is 3.48. The van der Waals surface area contributed by atoms with Gasteiger partial charge in [0.15, 0.2) is 0 Å². The molecule has 0 saturated carbocycles. The van der Waals surface area contributed by atoms with Gasteiger partial charge in [0.2, 0.25) is 0 Å². The van der Waals surface area contributed by atoms with Crippen LogP contribution in [0.4, 0.5) is 0 Å². The number of carboxylic acids is 1. The Morgan fingerprint density at radius 1 is 1.38 bits per heavy atom. The fourth-order valence-electron chi connectivity index (χ4n) is 0.891. The smallest absolute Gasteiger partial charge is 0.335 e. The van der Waals surface area contributed by atoms with Crippen molar-refractivity contribution in [3.05, 3.63) is 35.4 Å². The lowest BCUT2D eigenvalue weighted by Crippen LogP contribution is -1.95. The Bertz CT molecular complexity index is 280. The fraction of sp³-hybridized carbons (Fsp3) is 0.222. The number of aromatic carboxylic acids is 1. The molecule has 1 aromatic rings. The molecule has 2 nitrogen and oxygen atoms in total. The van der Waals surface area contributed by atoms with Crippen molar-refractivity contribution in [1.29, 1.82) is 0 Å². The Morgan fingerprint density at radius 3 is 2.15 bits per heavy atom. The zero-order chi connectivity index (χ0) is 9.14. The van der Waals surface area contributed by atoms with E-state index in [1.807, 2.05) is 19.1 Å². The van der Waals surface area contributed by atoms with Crippen LogP contribution in [0.15, 0.2) is 24.3 Å². The molecule has 0 amide bonds. The van der Waals surface area contributed by atoms with Crippen LogP contribution in [0.1, 0.15) is 27.7 Å². The largest absolute Gasteiger partial charge is 0.478 e. The molecule has 0 aromatic heterocycles. The van der Waals surface area contributed by atoms with Crippen molar-refractivity contribution in [3.63, 3.8) is 0 Å². The van der Waals surface area contributed by atoms with Crippen LogP contribution >= 0.6 is 32.9 Å². The van der Waals surface area contributed by atoms with Gasteiger partial charge in [-0.3, -0.25) is 0 Å². The molecule has 0 radical (unpaired) electrons. The maximum Gasteiger partial charge on any atom is 0.335 e. The van der Waals surface area contributed by atoms with Gasteiger partial charge in [0.05, 0.1) is 5.56 Å². The first-order valence-corrected chi connectivity index (χ1v) is 4.50. The monoisotopic (exact) mass is 308 g/mol. The number of alkyl halides is 1. The summed E-state index contributed by atoms with van der Waals surface area (Å²) in [5.41, 5.74) is 1.41. The van der Waals surface area contributed by atoms with Crippen LogP contribution in [-0.4, -0.2) is 11.1 Å². The summed E-state index contributed by atoms with van der Waals surface area (Å²) in [5, 5.41) is 8.60. The molecular weight excluding hydrogens is 300 g/mol. The lowest BCUT2D eigenvalue weighted by atomic mass is 10.1. The zero-order valence-corrected chi connectivity index (χ0v) is 10.3. The van der Waals surface area contributed by atoms with Crippen molar-refractivity contribution in [3.8, 4) is 0 Å². The Morgan fingerprint density at radius 2 is 1.85 bits per heavy atom. The summed E-state index contributed by atoms with van der Waals surface area (Å²) in [5.74, 6) is -0.885. The van der Waals surface area contributed by atoms with E-state index in [4.69, 9.17) is 5.11 Å². The van der Waals surface area contributed by atoms with Crippen molar-refractivity contribution < 1.29 is 9.90 Å². The van der Waals surface area contributed by atoms with Gasteiger partial charge < -0.3 is 5.11 Å². The van der Waals surface area contributed by atoms with Gasteiger partial charge in [-0.15, -0.1) is 17.0 Å². The predicted molar refractivity (Wildman–Crippen MR) is 61.1 cm³/mol. The van der Waals surface area contributed by atoms with Crippen LogP contribution in [0.2, 0.25) is 0 Å². The summed E-state index contributed by atoms with van der Waals surface area (Å²) in [6.07, 6.45) is 0. The van der Waals surface area contributed by atoms with Crippen molar-refractivity contribution in [2.24, 2.45) is 0 Å². The minimum absolute atomic E-state index is 0. The van der Waals surface area contributed by atoms with E-state index in [9.17, 15) is 4.79 Å². The van der Waals surface area contributed by atoms with E-state index < -0.39 is 5.97 Å². The summed E-state index contributed by atoms with van der Waals surface area (Å²) < 4.78 is 0. The van der Waals surface area contributed by atoms with E-state index in [1.54, 1.807) is 12.1 Å². The van der Waals surface area contributed by atoms with Gasteiger partial charge >= 0.3 is 5.97 Å². The summed E-state index contributed by atoms with van der Waals surface area (Å²) in [7, 11) is 0. The number of rotatable bonds is 2. The number of hydrogen-bond acceptors (Lipinski definition) is 1. The second-order valence-electron chi connectivity index (χ2n) is 2.54. The molecule has 0 bridgehead atoms. The molecule has 0 saturated heterocycles. The third-order valence-electron chi connectivity index (χ3n) is 1.62. The topological polar surface area (TPSA) is 37.3 Å². The number of carboxylic acid groups (broad SMARTS) is 1. The quantitative estimate of drug-likeness (QED) is 0.850.